The van der Waals surface area contributed by atoms with Crippen molar-refractivity contribution in [2.75, 3.05) is 6.61 Å². The van der Waals surface area contributed by atoms with Gasteiger partial charge in [-0.3, -0.25) is 0 Å². The van der Waals surface area contributed by atoms with E-state index in [0.717, 1.165) is 0 Å². The molecule has 0 saturated carbocycles. The van der Waals surface area contributed by atoms with Gasteiger partial charge in [-0.2, -0.15) is 26.3 Å². The summed E-state index contributed by atoms with van der Waals surface area (Å²) in [6.45, 7) is 4.83. The van der Waals surface area contributed by atoms with E-state index in [2.05, 4.69) is 6.58 Å². The number of carbonyl (C=O) groups is 2. The van der Waals surface area contributed by atoms with E-state index in [0.29, 0.717) is 29.8 Å². The largest absolute Gasteiger partial charge is 0.478 e. The van der Waals surface area contributed by atoms with Gasteiger partial charge >= 0.3 is 24.3 Å². The van der Waals surface area contributed by atoms with Crippen LogP contribution in [0.1, 0.15) is 35.3 Å². The SMILES string of the molecule is C=C[C@@](N)(CO[C@H](C)c1cc(C(F)(F)F)cc(C(F)(F)F)c1)c1ccccc1.O=C(O)/C=C\C(=O)O. The molecule has 2 aromatic carbocycles. The summed E-state index contributed by atoms with van der Waals surface area (Å²) in [5, 5.41) is 15.6. The molecule has 2 aromatic rings. The Bertz CT molecular complexity index is 1030. The first kappa shape index (κ1) is 30.4. The van der Waals surface area contributed by atoms with Crippen LogP contribution in [0.25, 0.3) is 0 Å². The van der Waals surface area contributed by atoms with Gasteiger partial charge in [0.05, 0.1) is 29.4 Å². The maximum atomic E-state index is 13.0. The van der Waals surface area contributed by atoms with Crippen molar-refractivity contribution in [1.29, 1.82) is 0 Å². The van der Waals surface area contributed by atoms with E-state index in [9.17, 15) is 35.9 Å². The van der Waals surface area contributed by atoms with Crippen LogP contribution in [0.15, 0.2) is 73.3 Å². The van der Waals surface area contributed by atoms with Gasteiger partial charge in [0.1, 0.15) is 0 Å². The summed E-state index contributed by atoms with van der Waals surface area (Å²) in [6, 6.07) is 10.1. The van der Waals surface area contributed by atoms with Gasteiger partial charge in [0, 0.05) is 12.2 Å². The Balaban J connectivity index is 0.000000697. The molecule has 2 rings (SSSR count). The van der Waals surface area contributed by atoms with E-state index in [1.807, 2.05) is 0 Å². The monoisotopic (exact) mass is 519 g/mol. The van der Waals surface area contributed by atoms with Gasteiger partial charge in [0.25, 0.3) is 0 Å². The number of benzene rings is 2. The molecule has 0 aliphatic heterocycles. The third-order valence-corrected chi connectivity index (χ3v) is 4.70. The molecule has 0 saturated heterocycles. The smallest absolute Gasteiger partial charge is 0.416 e. The Morgan fingerprint density at radius 3 is 1.72 bits per heavy atom. The highest BCUT2D eigenvalue weighted by Gasteiger charge is 2.37. The van der Waals surface area contributed by atoms with Crippen LogP contribution in [0.2, 0.25) is 0 Å². The van der Waals surface area contributed by atoms with Gasteiger partial charge in [-0.05, 0) is 36.2 Å². The zero-order valence-corrected chi connectivity index (χ0v) is 18.8. The molecular formula is C24H23F6NO5. The quantitative estimate of drug-likeness (QED) is 0.240. The van der Waals surface area contributed by atoms with E-state index >= 15 is 0 Å². The summed E-state index contributed by atoms with van der Waals surface area (Å²) in [6.07, 6.45) is -8.36. The molecule has 0 aliphatic rings. The van der Waals surface area contributed by atoms with Crippen LogP contribution in [-0.2, 0) is 32.2 Å². The first-order chi connectivity index (χ1) is 16.5. The van der Waals surface area contributed by atoms with Gasteiger partial charge in [-0.15, -0.1) is 6.58 Å². The van der Waals surface area contributed by atoms with Gasteiger partial charge in [-0.1, -0.05) is 36.4 Å². The Kier molecular flexibility index (Phi) is 10.4. The summed E-state index contributed by atoms with van der Waals surface area (Å²) < 4.78 is 83.6. The number of ether oxygens (including phenoxy) is 1. The normalized spacial score (nSPS) is 14.3. The topological polar surface area (TPSA) is 110 Å². The van der Waals surface area contributed by atoms with Gasteiger partial charge < -0.3 is 20.7 Å². The number of hydrogen-bond acceptors (Lipinski definition) is 4. The van der Waals surface area contributed by atoms with Crippen molar-refractivity contribution in [2.24, 2.45) is 5.73 Å². The van der Waals surface area contributed by atoms with E-state index in [1.165, 1.54) is 13.0 Å². The van der Waals surface area contributed by atoms with E-state index < -0.39 is 47.1 Å². The van der Waals surface area contributed by atoms with Gasteiger partial charge in [0.15, 0.2) is 0 Å². The maximum absolute atomic E-state index is 13.0. The second-order valence-electron chi connectivity index (χ2n) is 7.41. The predicted molar refractivity (Wildman–Crippen MR) is 118 cm³/mol. The lowest BCUT2D eigenvalue weighted by Gasteiger charge is -2.28. The number of aliphatic carboxylic acids is 2. The number of nitrogens with two attached hydrogens (primary N) is 1. The van der Waals surface area contributed by atoms with Crippen LogP contribution in [0.5, 0.6) is 0 Å². The number of rotatable bonds is 8. The van der Waals surface area contributed by atoms with E-state index in [4.69, 9.17) is 20.7 Å². The summed E-state index contributed by atoms with van der Waals surface area (Å²) in [5.41, 5.74) is 2.71. The minimum absolute atomic E-state index is 0.0805. The van der Waals surface area contributed by atoms with Crippen LogP contribution in [0.3, 0.4) is 0 Å². The Hall–Kier alpha value is -3.64. The standard InChI is InChI=1S/C20H19F6NO.C4H4O4/c1-3-18(27,15-7-5-4-6-8-15)12-28-13(2)14-9-16(19(21,22)23)11-17(10-14)20(24,25)26;5-3(6)1-2-4(7)8/h3-11,13H,1,12,27H2,2H3;1-2H,(H,5,6)(H,7,8)/b;2-1-/t13-,18-;/m1./s1. The van der Waals surface area contributed by atoms with Crippen molar-refractivity contribution in [1.82, 2.24) is 0 Å². The van der Waals surface area contributed by atoms with E-state index in [-0.39, 0.29) is 18.2 Å². The lowest BCUT2D eigenvalue weighted by atomic mass is 9.92. The molecular weight excluding hydrogens is 496 g/mol. The first-order valence-corrected chi connectivity index (χ1v) is 10.0. The van der Waals surface area contributed by atoms with Crippen LogP contribution in [0, 0.1) is 0 Å². The van der Waals surface area contributed by atoms with E-state index in [1.54, 1.807) is 30.3 Å². The molecule has 6 nitrogen and oxygen atoms in total. The Labute approximate surface area is 202 Å². The molecule has 0 unspecified atom stereocenters. The average Bonchev–Trinajstić information content (AvgIpc) is 2.80. The number of halogens is 6. The second-order valence-corrected chi connectivity index (χ2v) is 7.41. The molecule has 0 amide bonds. The third-order valence-electron chi connectivity index (χ3n) is 4.70. The molecule has 0 aliphatic carbocycles. The first-order valence-electron chi connectivity index (χ1n) is 10.0. The molecule has 12 heteroatoms. The Morgan fingerprint density at radius 2 is 1.36 bits per heavy atom. The summed E-state index contributed by atoms with van der Waals surface area (Å²) in [7, 11) is 0. The minimum Gasteiger partial charge on any atom is -0.478 e. The molecule has 0 spiro atoms. The number of hydrogen-bond donors (Lipinski definition) is 3. The summed E-state index contributed by atoms with van der Waals surface area (Å²) in [5.74, 6) is -2.51. The zero-order chi connectivity index (χ0) is 27.7. The van der Waals surface area contributed by atoms with Gasteiger partial charge in [-0.25, -0.2) is 9.59 Å². The molecule has 0 radical (unpaired) electrons. The third kappa shape index (κ3) is 9.55. The molecule has 36 heavy (non-hydrogen) atoms. The second kappa shape index (κ2) is 12.4. The fourth-order valence-corrected chi connectivity index (χ4v) is 2.72. The van der Waals surface area contributed by atoms with Crippen LogP contribution in [-0.4, -0.2) is 28.8 Å². The molecule has 0 fully saturated rings. The number of alkyl halides is 6. The molecule has 196 valence electrons. The lowest BCUT2D eigenvalue weighted by molar-refractivity contribution is -0.143. The molecule has 4 N–H and O–H groups in total. The van der Waals surface area contributed by atoms with Gasteiger partial charge in [0.2, 0.25) is 0 Å². The van der Waals surface area contributed by atoms with Crippen molar-refractivity contribution in [3.63, 3.8) is 0 Å². The van der Waals surface area contributed by atoms with Crippen LogP contribution >= 0.6 is 0 Å². The Morgan fingerprint density at radius 1 is 0.917 bits per heavy atom. The fraction of sp³-hybridized carbons (Fsp3) is 0.250. The highest BCUT2D eigenvalue weighted by molar-refractivity contribution is 5.89. The number of carboxylic acids is 2. The highest BCUT2D eigenvalue weighted by atomic mass is 19.4. The molecule has 0 aromatic heterocycles. The van der Waals surface area contributed by atoms with Crippen molar-refractivity contribution < 1.29 is 50.9 Å². The average molecular weight is 519 g/mol. The molecule has 0 bridgehead atoms. The predicted octanol–water partition coefficient (Wildman–Crippen LogP) is 5.55. The highest BCUT2D eigenvalue weighted by Crippen LogP contribution is 2.38. The van der Waals surface area contributed by atoms with Crippen LogP contribution < -0.4 is 5.73 Å². The van der Waals surface area contributed by atoms with Crippen molar-refractivity contribution in [2.45, 2.75) is 30.9 Å². The molecule has 2 atom stereocenters. The minimum atomic E-state index is -4.92. The van der Waals surface area contributed by atoms with Crippen LogP contribution in [0.4, 0.5) is 26.3 Å². The number of carboxylic acid groups (broad SMARTS) is 2. The summed E-state index contributed by atoms with van der Waals surface area (Å²) >= 11 is 0. The van der Waals surface area contributed by atoms with Crippen molar-refractivity contribution >= 4 is 11.9 Å². The lowest BCUT2D eigenvalue weighted by Crippen LogP contribution is -2.39. The fourth-order valence-electron chi connectivity index (χ4n) is 2.72. The molecule has 0 heterocycles. The van der Waals surface area contributed by atoms with Crippen molar-refractivity contribution in [3.8, 4) is 0 Å². The van der Waals surface area contributed by atoms with Crippen molar-refractivity contribution in [3.05, 3.63) is 95.6 Å². The maximum Gasteiger partial charge on any atom is 0.416 e. The summed E-state index contributed by atoms with van der Waals surface area (Å²) in [4.78, 5) is 19.1. The zero-order valence-electron chi connectivity index (χ0n) is 18.8.